The lowest BCUT2D eigenvalue weighted by molar-refractivity contribution is -0.145. The molecule has 2 N–H and O–H groups in total. The van der Waals surface area contributed by atoms with E-state index in [1.54, 1.807) is 6.92 Å². The SMILES string of the molecule is CC(C)NC(C)(CN1CCS(=O)(=O)CC1C)C(=O)O. The largest absolute Gasteiger partial charge is 0.480 e. The Morgan fingerprint density at radius 2 is 2.11 bits per heavy atom. The van der Waals surface area contributed by atoms with E-state index >= 15 is 0 Å². The monoisotopic (exact) mass is 292 g/mol. The summed E-state index contributed by atoms with van der Waals surface area (Å²) in [5.74, 6) is -0.708. The van der Waals surface area contributed by atoms with E-state index in [1.165, 1.54) is 0 Å². The van der Waals surface area contributed by atoms with Crippen LogP contribution in [-0.4, -0.2) is 66.6 Å². The van der Waals surface area contributed by atoms with E-state index < -0.39 is 21.3 Å². The van der Waals surface area contributed by atoms with Crippen molar-refractivity contribution in [1.82, 2.24) is 10.2 Å². The van der Waals surface area contributed by atoms with Crippen LogP contribution in [0.3, 0.4) is 0 Å². The third-order valence-corrected chi connectivity index (χ3v) is 5.20. The first kappa shape index (κ1) is 16.4. The van der Waals surface area contributed by atoms with Gasteiger partial charge in [0.2, 0.25) is 0 Å². The summed E-state index contributed by atoms with van der Waals surface area (Å²) in [6.07, 6.45) is 0. The molecule has 0 aromatic rings. The predicted octanol–water partition coefficient (Wildman–Crippen LogP) is -0.0534. The van der Waals surface area contributed by atoms with E-state index in [0.717, 1.165) is 0 Å². The Morgan fingerprint density at radius 1 is 1.53 bits per heavy atom. The van der Waals surface area contributed by atoms with Crippen molar-refractivity contribution in [3.63, 3.8) is 0 Å². The number of sulfone groups is 1. The average Bonchev–Trinajstić information content (AvgIpc) is 2.20. The van der Waals surface area contributed by atoms with Crippen LogP contribution in [0.4, 0.5) is 0 Å². The molecule has 2 unspecified atom stereocenters. The topological polar surface area (TPSA) is 86.7 Å². The van der Waals surface area contributed by atoms with E-state index in [0.29, 0.717) is 13.1 Å². The molecule has 1 fully saturated rings. The maximum Gasteiger partial charge on any atom is 0.324 e. The Balaban J connectivity index is 2.78. The summed E-state index contributed by atoms with van der Waals surface area (Å²) in [5, 5.41) is 12.4. The van der Waals surface area contributed by atoms with Crippen LogP contribution in [0.2, 0.25) is 0 Å². The molecule has 6 nitrogen and oxygen atoms in total. The van der Waals surface area contributed by atoms with Crippen molar-refractivity contribution < 1.29 is 18.3 Å². The lowest BCUT2D eigenvalue weighted by atomic mass is 9.99. The number of nitrogens with zero attached hydrogens (tertiary/aromatic N) is 1. The molecule has 0 aromatic heterocycles. The summed E-state index contributed by atoms with van der Waals surface area (Å²) in [6, 6.07) is -0.101. The highest BCUT2D eigenvalue weighted by Gasteiger charge is 2.39. The van der Waals surface area contributed by atoms with Gasteiger partial charge in [0.25, 0.3) is 0 Å². The highest BCUT2D eigenvalue weighted by molar-refractivity contribution is 7.91. The minimum Gasteiger partial charge on any atom is -0.480 e. The number of aliphatic carboxylic acids is 1. The number of hydrogen-bond acceptors (Lipinski definition) is 5. The molecule has 1 heterocycles. The molecule has 19 heavy (non-hydrogen) atoms. The van der Waals surface area contributed by atoms with Crippen molar-refractivity contribution in [2.45, 2.75) is 45.3 Å². The second-order valence-corrected chi connectivity index (χ2v) is 8.10. The molecule has 1 rings (SSSR count). The second kappa shape index (κ2) is 5.76. The van der Waals surface area contributed by atoms with Crippen molar-refractivity contribution in [2.75, 3.05) is 24.6 Å². The van der Waals surface area contributed by atoms with Crippen LogP contribution in [0.25, 0.3) is 0 Å². The van der Waals surface area contributed by atoms with Gasteiger partial charge in [-0.05, 0) is 27.7 Å². The fourth-order valence-corrected chi connectivity index (χ4v) is 4.11. The molecule has 7 heteroatoms. The molecule has 1 aliphatic rings. The zero-order valence-corrected chi connectivity index (χ0v) is 12.8. The van der Waals surface area contributed by atoms with E-state index in [-0.39, 0.29) is 23.6 Å². The minimum absolute atomic E-state index is 0.0462. The number of carboxylic acid groups (broad SMARTS) is 1. The summed E-state index contributed by atoms with van der Waals surface area (Å²) in [5.41, 5.74) is -1.07. The Hall–Kier alpha value is -0.660. The summed E-state index contributed by atoms with van der Waals surface area (Å²) in [4.78, 5) is 13.4. The van der Waals surface area contributed by atoms with Gasteiger partial charge in [0.15, 0.2) is 9.84 Å². The van der Waals surface area contributed by atoms with Crippen LogP contribution in [0.15, 0.2) is 0 Å². The van der Waals surface area contributed by atoms with E-state index in [9.17, 15) is 18.3 Å². The second-order valence-electron chi connectivity index (χ2n) is 5.87. The molecular formula is C12H24N2O4S. The zero-order chi connectivity index (χ0) is 14.8. The standard InChI is InChI=1S/C12H24N2O4S/c1-9(2)13-12(4,11(15)16)8-14-5-6-19(17,18)7-10(14)3/h9-10,13H,5-8H2,1-4H3,(H,15,16). The van der Waals surface area contributed by atoms with Gasteiger partial charge in [-0.3, -0.25) is 15.0 Å². The number of hydrogen-bond donors (Lipinski definition) is 2. The summed E-state index contributed by atoms with van der Waals surface area (Å²) >= 11 is 0. The van der Waals surface area contributed by atoms with Crippen LogP contribution in [-0.2, 0) is 14.6 Å². The zero-order valence-electron chi connectivity index (χ0n) is 12.0. The maximum absolute atomic E-state index is 11.5. The van der Waals surface area contributed by atoms with E-state index in [4.69, 9.17) is 0 Å². The molecule has 0 bridgehead atoms. The van der Waals surface area contributed by atoms with Crippen LogP contribution in [0, 0.1) is 0 Å². The van der Waals surface area contributed by atoms with Gasteiger partial charge in [-0.2, -0.15) is 0 Å². The van der Waals surface area contributed by atoms with Crippen molar-refractivity contribution in [2.24, 2.45) is 0 Å². The van der Waals surface area contributed by atoms with Crippen LogP contribution >= 0.6 is 0 Å². The summed E-state index contributed by atoms with van der Waals surface area (Å²) in [6.45, 7) is 7.96. The summed E-state index contributed by atoms with van der Waals surface area (Å²) < 4.78 is 23.1. The molecule has 1 aliphatic heterocycles. The van der Waals surface area contributed by atoms with Crippen LogP contribution in [0.5, 0.6) is 0 Å². The van der Waals surface area contributed by atoms with Crippen molar-refractivity contribution >= 4 is 15.8 Å². The predicted molar refractivity (Wildman–Crippen MR) is 74.0 cm³/mol. The average molecular weight is 292 g/mol. The third-order valence-electron chi connectivity index (χ3n) is 3.41. The number of carboxylic acids is 1. The first-order chi connectivity index (χ1) is 8.56. The molecule has 1 saturated heterocycles. The molecule has 0 radical (unpaired) electrons. The van der Waals surface area contributed by atoms with Crippen molar-refractivity contribution in [1.29, 1.82) is 0 Å². The fraction of sp³-hybridized carbons (Fsp3) is 0.917. The van der Waals surface area contributed by atoms with Gasteiger partial charge in [-0.1, -0.05) is 0 Å². The van der Waals surface area contributed by atoms with Crippen LogP contribution < -0.4 is 5.32 Å². The van der Waals surface area contributed by atoms with Crippen molar-refractivity contribution in [3.05, 3.63) is 0 Å². The van der Waals surface area contributed by atoms with Gasteiger partial charge in [0.05, 0.1) is 11.5 Å². The minimum atomic E-state index is -2.97. The Labute approximate surface area is 115 Å². The van der Waals surface area contributed by atoms with Crippen molar-refractivity contribution in [3.8, 4) is 0 Å². The Kier molecular flexibility index (Phi) is 4.97. The quantitative estimate of drug-likeness (QED) is 0.738. The van der Waals surface area contributed by atoms with Gasteiger partial charge < -0.3 is 5.11 Å². The first-order valence-electron chi connectivity index (χ1n) is 6.51. The molecule has 0 amide bonds. The number of carbonyl (C=O) groups is 1. The molecule has 0 saturated carbocycles. The smallest absolute Gasteiger partial charge is 0.324 e. The Morgan fingerprint density at radius 3 is 2.53 bits per heavy atom. The molecule has 0 spiro atoms. The Bertz CT molecular complexity index is 435. The highest BCUT2D eigenvalue weighted by atomic mass is 32.2. The highest BCUT2D eigenvalue weighted by Crippen LogP contribution is 2.16. The van der Waals surface area contributed by atoms with Gasteiger partial charge in [0.1, 0.15) is 5.54 Å². The lowest BCUT2D eigenvalue weighted by Crippen LogP contribution is -2.62. The van der Waals surface area contributed by atoms with E-state index in [2.05, 4.69) is 5.32 Å². The van der Waals surface area contributed by atoms with E-state index in [1.807, 2.05) is 25.7 Å². The number of nitrogens with one attached hydrogen (secondary N) is 1. The van der Waals surface area contributed by atoms with Crippen LogP contribution in [0.1, 0.15) is 27.7 Å². The van der Waals surface area contributed by atoms with Gasteiger partial charge in [-0.25, -0.2) is 8.42 Å². The molecule has 0 aromatic carbocycles. The number of rotatable bonds is 5. The molecule has 2 atom stereocenters. The van der Waals surface area contributed by atoms with Gasteiger partial charge in [0, 0.05) is 25.2 Å². The lowest BCUT2D eigenvalue weighted by Gasteiger charge is -2.39. The molecule has 0 aliphatic carbocycles. The molecular weight excluding hydrogens is 268 g/mol. The first-order valence-corrected chi connectivity index (χ1v) is 8.33. The summed E-state index contributed by atoms with van der Waals surface area (Å²) in [7, 11) is -2.97. The fourth-order valence-electron chi connectivity index (χ4n) is 2.49. The third kappa shape index (κ3) is 4.43. The maximum atomic E-state index is 11.5. The van der Waals surface area contributed by atoms with Gasteiger partial charge >= 0.3 is 5.97 Å². The molecule has 112 valence electrons. The van der Waals surface area contributed by atoms with Gasteiger partial charge in [-0.15, -0.1) is 0 Å². The normalized spacial score (nSPS) is 27.1.